The minimum absolute atomic E-state index is 0.0684. The van der Waals surface area contributed by atoms with E-state index < -0.39 is 17.6 Å². The fraction of sp³-hybridized carbons (Fsp3) is 0.0909. The molecule has 1 aromatic carbocycles. The molecule has 0 aliphatic carbocycles. The fourth-order valence-corrected chi connectivity index (χ4v) is 2.42. The first-order valence-corrected chi connectivity index (χ1v) is 6.57. The van der Waals surface area contributed by atoms with E-state index in [2.05, 4.69) is 26.2 Å². The predicted molar refractivity (Wildman–Crippen MR) is 69.2 cm³/mol. The average molecular weight is 351 g/mol. The van der Waals surface area contributed by atoms with Gasteiger partial charge in [0.15, 0.2) is 5.13 Å². The van der Waals surface area contributed by atoms with Crippen LogP contribution in [0.4, 0.5) is 18.3 Å². The molecule has 0 fully saturated rings. The van der Waals surface area contributed by atoms with Crippen LogP contribution in [0.1, 0.15) is 15.9 Å². The third kappa shape index (κ3) is 3.54. The van der Waals surface area contributed by atoms with Crippen LogP contribution in [-0.2, 0) is 6.18 Å². The summed E-state index contributed by atoms with van der Waals surface area (Å²) >= 11 is 4.34. The fourth-order valence-electron chi connectivity index (χ4n) is 1.32. The lowest BCUT2D eigenvalue weighted by molar-refractivity contribution is -0.137. The Balaban J connectivity index is 2.20. The van der Waals surface area contributed by atoms with E-state index in [9.17, 15) is 18.0 Å². The van der Waals surface area contributed by atoms with Crippen molar-refractivity contribution in [3.8, 4) is 0 Å². The molecule has 0 aliphatic heterocycles. The molecule has 1 aromatic heterocycles. The predicted octanol–water partition coefficient (Wildman–Crippen LogP) is 4.18. The molecule has 19 heavy (non-hydrogen) atoms. The average Bonchev–Trinajstić information content (AvgIpc) is 2.74. The molecule has 2 aromatic rings. The molecular weight excluding hydrogens is 345 g/mol. The Morgan fingerprint density at radius 3 is 2.68 bits per heavy atom. The van der Waals surface area contributed by atoms with E-state index in [0.717, 1.165) is 12.1 Å². The smallest absolute Gasteiger partial charge is 0.298 e. The summed E-state index contributed by atoms with van der Waals surface area (Å²) in [5, 5.41) is 2.74. The summed E-state index contributed by atoms with van der Waals surface area (Å²) in [7, 11) is 0. The van der Waals surface area contributed by atoms with Gasteiger partial charge in [0.2, 0.25) is 0 Å². The lowest BCUT2D eigenvalue weighted by Crippen LogP contribution is -2.13. The first kappa shape index (κ1) is 14.0. The van der Waals surface area contributed by atoms with Crippen molar-refractivity contribution in [2.45, 2.75) is 6.18 Å². The summed E-state index contributed by atoms with van der Waals surface area (Å²) in [6.45, 7) is 0. The maximum atomic E-state index is 12.5. The number of hydrogen-bond acceptors (Lipinski definition) is 3. The number of alkyl halides is 3. The van der Waals surface area contributed by atoms with Gasteiger partial charge in [-0.1, -0.05) is 17.4 Å². The number of nitrogens with one attached hydrogen (secondary N) is 1. The summed E-state index contributed by atoms with van der Waals surface area (Å²) in [5.74, 6) is -0.632. The molecule has 8 heteroatoms. The van der Waals surface area contributed by atoms with Gasteiger partial charge in [-0.15, -0.1) is 0 Å². The topological polar surface area (TPSA) is 42.0 Å². The summed E-state index contributed by atoms with van der Waals surface area (Å²) in [5.41, 5.74) is -0.929. The Labute approximate surface area is 118 Å². The molecular formula is C11H6BrF3N2OS. The summed E-state index contributed by atoms with van der Waals surface area (Å²) in [6.07, 6.45) is -2.98. The number of amides is 1. The van der Waals surface area contributed by atoms with E-state index in [1.165, 1.54) is 29.7 Å². The van der Waals surface area contributed by atoms with Gasteiger partial charge >= 0.3 is 6.18 Å². The molecule has 1 heterocycles. The number of benzene rings is 1. The molecule has 0 unspecified atom stereocenters. The van der Waals surface area contributed by atoms with E-state index in [1.807, 2.05) is 0 Å². The van der Waals surface area contributed by atoms with Gasteiger partial charge in [0.05, 0.1) is 15.5 Å². The quantitative estimate of drug-likeness (QED) is 0.882. The van der Waals surface area contributed by atoms with Crippen molar-refractivity contribution < 1.29 is 18.0 Å². The van der Waals surface area contributed by atoms with Gasteiger partial charge in [0, 0.05) is 5.56 Å². The second kappa shape index (κ2) is 5.30. The van der Waals surface area contributed by atoms with Crippen molar-refractivity contribution in [3.63, 3.8) is 0 Å². The van der Waals surface area contributed by atoms with Gasteiger partial charge in [-0.2, -0.15) is 13.2 Å². The summed E-state index contributed by atoms with van der Waals surface area (Å²) in [6, 6.07) is 4.22. The minimum atomic E-state index is -4.47. The summed E-state index contributed by atoms with van der Waals surface area (Å²) < 4.78 is 38.3. The van der Waals surface area contributed by atoms with Crippen LogP contribution in [0.5, 0.6) is 0 Å². The van der Waals surface area contributed by atoms with Crippen LogP contribution < -0.4 is 5.32 Å². The highest BCUT2D eigenvalue weighted by atomic mass is 79.9. The van der Waals surface area contributed by atoms with Crippen LogP contribution >= 0.6 is 27.3 Å². The van der Waals surface area contributed by atoms with Crippen molar-refractivity contribution in [2.75, 3.05) is 5.32 Å². The van der Waals surface area contributed by atoms with Crippen molar-refractivity contribution in [3.05, 3.63) is 45.4 Å². The molecule has 2 rings (SSSR count). The third-order valence-corrected chi connectivity index (χ3v) is 3.54. The van der Waals surface area contributed by atoms with Crippen LogP contribution in [-0.4, -0.2) is 10.9 Å². The monoisotopic (exact) mass is 350 g/mol. The molecule has 1 N–H and O–H groups in total. The lowest BCUT2D eigenvalue weighted by atomic mass is 10.1. The number of nitrogens with zero attached hydrogens (tertiary/aromatic N) is 1. The molecule has 3 nitrogen and oxygen atoms in total. The van der Waals surface area contributed by atoms with Crippen LogP contribution in [0.25, 0.3) is 0 Å². The number of hydrogen-bond donors (Lipinski definition) is 1. The minimum Gasteiger partial charge on any atom is -0.298 e. The maximum Gasteiger partial charge on any atom is 0.416 e. The van der Waals surface area contributed by atoms with Gasteiger partial charge in [0.1, 0.15) is 0 Å². The third-order valence-electron chi connectivity index (χ3n) is 2.15. The number of carbonyl (C=O) groups excluding carboxylic acids is 1. The zero-order valence-electron chi connectivity index (χ0n) is 9.16. The van der Waals surface area contributed by atoms with Gasteiger partial charge in [-0.05, 0) is 34.1 Å². The van der Waals surface area contributed by atoms with Crippen LogP contribution in [0.3, 0.4) is 0 Å². The van der Waals surface area contributed by atoms with Crippen molar-refractivity contribution in [1.82, 2.24) is 4.98 Å². The first-order valence-electron chi connectivity index (χ1n) is 4.96. The molecule has 0 saturated heterocycles. The van der Waals surface area contributed by atoms with Gasteiger partial charge in [0.25, 0.3) is 5.91 Å². The second-order valence-corrected chi connectivity index (χ2v) is 5.91. The van der Waals surface area contributed by atoms with Crippen molar-refractivity contribution in [2.24, 2.45) is 0 Å². The van der Waals surface area contributed by atoms with E-state index in [-0.39, 0.29) is 5.56 Å². The molecule has 0 atom stereocenters. The van der Waals surface area contributed by atoms with Gasteiger partial charge in [-0.25, -0.2) is 4.98 Å². The first-order chi connectivity index (χ1) is 8.86. The number of rotatable bonds is 2. The number of anilines is 1. The molecule has 0 spiro atoms. The van der Waals surface area contributed by atoms with Crippen LogP contribution in [0.15, 0.2) is 34.2 Å². The second-order valence-electron chi connectivity index (χ2n) is 3.50. The molecule has 0 bridgehead atoms. The highest BCUT2D eigenvalue weighted by molar-refractivity contribution is 9.11. The molecule has 0 saturated carbocycles. The van der Waals surface area contributed by atoms with E-state index in [0.29, 0.717) is 8.92 Å². The number of aromatic nitrogens is 1. The zero-order valence-corrected chi connectivity index (χ0v) is 11.6. The lowest BCUT2D eigenvalue weighted by Gasteiger charge is -2.08. The standard InChI is InChI=1S/C11H6BrF3N2OS/c12-8-5-16-10(19-8)17-9(18)6-2-1-3-7(4-6)11(13,14)15/h1-5H,(H,16,17,18). The molecule has 1 amide bonds. The maximum absolute atomic E-state index is 12.5. The summed E-state index contributed by atoms with van der Waals surface area (Å²) in [4.78, 5) is 15.6. The molecule has 0 aliphatic rings. The van der Waals surface area contributed by atoms with Crippen molar-refractivity contribution in [1.29, 1.82) is 0 Å². The highest BCUT2D eigenvalue weighted by Crippen LogP contribution is 2.30. The zero-order chi connectivity index (χ0) is 14.0. The normalized spacial score (nSPS) is 11.4. The number of thiazole rings is 1. The Morgan fingerprint density at radius 2 is 2.11 bits per heavy atom. The largest absolute Gasteiger partial charge is 0.416 e. The number of halogens is 4. The number of carbonyl (C=O) groups is 1. The Hall–Kier alpha value is -1.41. The highest BCUT2D eigenvalue weighted by Gasteiger charge is 2.30. The molecule has 0 radical (unpaired) electrons. The SMILES string of the molecule is O=C(Nc1ncc(Br)s1)c1cccc(C(F)(F)F)c1. The van der Waals surface area contributed by atoms with Crippen LogP contribution in [0, 0.1) is 0 Å². The van der Waals surface area contributed by atoms with Crippen LogP contribution in [0.2, 0.25) is 0 Å². The van der Waals surface area contributed by atoms with E-state index >= 15 is 0 Å². The van der Waals surface area contributed by atoms with E-state index in [1.54, 1.807) is 0 Å². The Morgan fingerprint density at radius 1 is 1.37 bits per heavy atom. The van der Waals surface area contributed by atoms with Gasteiger partial charge < -0.3 is 0 Å². The Bertz CT molecular complexity index is 612. The Kier molecular flexibility index (Phi) is 3.91. The van der Waals surface area contributed by atoms with Gasteiger partial charge in [-0.3, -0.25) is 10.1 Å². The van der Waals surface area contributed by atoms with Crippen molar-refractivity contribution >= 4 is 38.3 Å². The molecule has 100 valence electrons. The van der Waals surface area contributed by atoms with E-state index in [4.69, 9.17) is 0 Å².